The van der Waals surface area contributed by atoms with E-state index in [2.05, 4.69) is 0 Å². The Hall–Kier alpha value is -9.78. The molecule has 0 radical (unpaired) electrons. The van der Waals surface area contributed by atoms with Gasteiger partial charge in [0.2, 0.25) is 0 Å². The van der Waals surface area contributed by atoms with Crippen molar-refractivity contribution in [1.29, 1.82) is 0 Å². The fourth-order valence-corrected chi connectivity index (χ4v) is 12.2. The van der Waals surface area contributed by atoms with Gasteiger partial charge in [-0.3, -0.25) is 0 Å². The van der Waals surface area contributed by atoms with Crippen molar-refractivity contribution in [3.8, 4) is 5.75 Å². The molecule has 528 valence electrons. The van der Waals surface area contributed by atoms with Gasteiger partial charge in [-0.05, 0) is 95.4 Å². The largest absolute Gasteiger partial charge is 0.497 e. The molecule has 9 aromatic carbocycles. The fourth-order valence-electron chi connectivity index (χ4n) is 12.2. The van der Waals surface area contributed by atoms with Gasteiger partial charge in [-0.25, -0.2) is 19.2 Å². The molecule has 1 N–H and O–H groups in total. The zero-order chi connectivity index (χ0) is 70.4. The predicted molar refractivity (Wildman–Crippen MR) is 370 cm³/mol. The second-order valence-corrected chi connectivity index (χ2v) is 24.6. The molecule has 0 aromatic heterocycles. The van der Waals surface area contributed by atoms with Crippen molar-refractivity contribution < 1.29 is 95.3 Å². The van der Waals surface area contributed by atoms with Gasteiger partial charge in [0.1, 0.15) is 61.2 Å². The molecule has 102 heavy (non-hydrogen) atoms. The van der Waals surface area contributed by atoms with Crippen LogP contribution >= 0.6 is 0 Å². The van der Waals surface area contributed by atoms with Gasteiger partial charge in [-0.1, -0.05) is 206 Å². The molecule has 0 bridgehead atoms. The van der Waals surface area contributed by atoms with Crippen LogP contribution in [-0.2, 0) is 99.4 Å². The number of ether oxygens (including phenoxy) is 15. The maximum atomic E-state index is 14.9. The third kappa shape index (κ3) is 19.2. The van der Waals surface area contributed by atoms with Crippen LogP contribution in [0.4, 0.5) is 0 Å². The topological polar surface area (TPSA) is 227 Å². The second-order valence-electron chi connectivity index (χ2n) is 24.6. The molecular weight excluding hydrogens is 1300 g/mol. The average Bonchev–Trinajstić information content (AvgIpc) is 0.768. The van der Waals surface area contributed by atoms with E-state index in [0.717, 1.165) is 22.3 Å². The number of esters is 4. The summed E-state index contributed by atoms with van der Waals surface area (Å²) in [6.07, 6.45) is -22.1. The van der Waals surface area contributed by atoms with Gasteiger partial charge < -0.3 is 76.2 Å². The van der Waals surface area contributed by atoms with Crippen molar-refractivity contribution in [1.82, 2.24) is 0 Å². The summed E-state index contributed by atoms with van der Waals surface area (Å²) >= 11 is 0. The maximum absolute atomic E-state index is 14.9. The molecule has 3 heterocycles. The SMILES string of the molecule is COc1ccc(CO[C@@H]2[C@@H](O[C@@H]3O[C@H](COC(=O)c4ccccc4)C(OC(=O)c4ccccc4)[C@H](OC(=O)c4ccccc4)[C@@H]3OC(=O)c3ccccc3)[C@H](O[C@@H]3O[C@@H](COCc4ccccc4)[C@@H](OCc4ccccc4)[C@H](OCc4ccccc4)[C@H]3OCc3ccccc3)[C@@H](O)O[C@H]2C)cc1. The summed E-state index contributed by atoms with van der Waals surface area (Å²) in [7, 11) is 1.56. The molecule has 0 aliphatic carbocycles. The van der Waals surface area contributed by atoms with Crippen LogP contribution in [0.1, 0.15) is 76.2 Å². The Bertz CT molecular complexity index is 4020. The zero-order valence-electron chi connectivity index (χ0n) is 56.2. The lowest BCUT2D eigenvalue weighted by molar-refractivity contribution is -0.393. The minimum absolute atomic E-state index is 0.00843. The summed E-state index contributed by atoms with van der Waals surface area (Å²) in [5.74, 6) is -2.98. The van der Waals surface area contributed by atoms with E-state index in [1.165, 1.54) is 36.4 Å². The number of rotatable bonds is 30. The molecule has 3 fully saturated rings. The lowest BCUT2D eigenvalue weighted by atomic mass is 9.95. The monoisotopic (exact) mass is 1380 g/mol. The first-order chi connectivity index (χ1) is 50.0. The Kier molecular flexibility index (Phi) is 25.6. The summed E-state index contributed by atoms with van der Waals surface area (Å²) in [6.45, 7) is 1.24. The molecule has 20 heteroatoms. The van der Waals surface area contributed by atoms with E-state index in [-0.39, 0.29) is 61.9 Å². The van der Waals surface area contributed by atoms with Crippen LogP contribution in [-0.4, -0.2) is 141 Å². The Balaban J connectivity index is 0.987. The number of benzene rings is 9. The first-order valence-corrected chi connectivity index (χ1v) is 33.8. The highest BCUT2D eigenvalue weighted by Crippen LogP contribution is 2.39. The molecule has 9 aromatic rings. The van der Waals surface area contributed by atoms with E-state index in [4.69, 9.17) is 71.1 Å². The van der Waals surface area contributed by atoms with Crippen molar-refractivity contribution >= 4 is 23.9 Å². The lowest BCUT2D eigenvalue weighted by Crippen LogP contribution is -2.68. The summed E-state index contributed by atoms with van der Waals surface area (Å²) in [6, 6.07) is 77.8. The van der Waals surface area contributed by atoms with Gasteiger partial charge in [-0.2, -0.15) is 0 Å². The Labute approximate surface area is 591 Å². The summed E-state index contributed by atoms with van der Waals surface area (Å²) in [5, 5.41) is 12.9. The molecule has 20 nitrogen and oxygen atoms in total. The second kappa shape index (κ2) is 36.2. The molecule has 15 atom stereocenters. The van der Waals surface area contributed by atoms with Crippen LogP contribution in [0.2, 0.25) is 0 Å². The van der Waals surface area contributed by atoms with Gasteiger partial charge in [-0.15, -0.1) is 0 Å². The number of hydrogen-bond donors (Lipinski definition) is 1. The minimum Gasteiger partial charge on any atom is -0.497 e. The summed E-state index contributed by atoms with van der Waals surface area (Å²) in [4.78, 5) is 58.5. The van der Waals surface area contributed by atoms with E-state index in [0.29, 0.717) is 11.3 Å². The van der Waals surface area contributed by atoms with E-state index < -0.39 is 123 Å². The van der Waals surface area contributed by atoms with Crippen LogP contribution in [0.15, 0.2) is 267 Å². The van der Waals surface area contributed by atoms with E-state index in [9.17, 15) is 24.3 Å². The van der Waals surface area contributed by atoms with Gasteiger partial charge in [0, 0.05) is 0 Å². The van der Waals surface area contributed by atoms with Gasteiger partial charge in [0.05, 0.1) is 75.1 Å². The molecule has 3 saturated heterocycles. The molecular formula is C82H80O20. The molecule has 12 rings (SSSR count). The molecule has 0 spiro atoms. The normalized spacial score (nSPS) is 24.7. The highest BCUT2D eigenvalue weighted by molar-refractivity contribution is 5.91. The van der Waals surface area contributed by atoms with Crippen molar-refractivity contribution in [2.75, 3.05) is 20.3 Å². The average molecular weight is 1390 g/mol. The van der Waals surface area contributed by atoms with Crippen molar-refractivity contribution in [3.63, 3.8) is 0 Å². The van der Waals surface area contributed by atoms with Crippen LogP contribution < -0.4 is 4.74 Å². The summed E-state index contributed by atoms with van der Waals surface area (Å²) < 4.78 is 101. The predicted octanol–water partition coefficient (Wildman–Crippen LogP) is 12.0. The highest BCUT2D eigenvalue weighted by Gasteiger charge is 2.58. The Morgan fingerprint density at radius 3 is 1.15 bits per heavy atom. The Morgan fingerprint density at radius 1 is 0.333 bits per heavy atom. The maximum Gasteiger partial charge on any atom is 0.338 e. The fraction of sp³-hybridized carbons (Fsp3) is 0.293. The van der Waals surface area contributed by atoms with Gasteiger partial charge in [0.15, 0.2) is 37.2 Å². The van der Waals surface area contributed by atoms with Crippen molar-refractivity contribution in [3.05, 3.63) is 317 Å². The number of carbonyl (C=O) groups excluding carboxylic acids is 4. The summed E-state index contributed by atoms with van der Waals surface area (Å²) in [5.41, 5.74) is 4.47. The third-order valence-corrected chi connectivity index (χ3v) is 17.5. The van der Waals surface area contributed by atoms with Gasteiger partial charge in [0.25, 0.3) is 0 Å². The van der Waals surface area contributed by atoms with E-state index >= 15 is 0 Å². The number of carbonyl (C=O) groups is 4. The molecule has 0 saturated carbocycles. The molecule has 3 aliphatic heterocycles. The van der Waals surface area contributed by atoms with E-state index in [1.807, 2.05) is 133 Å². The molecule has 1 unspecified atom stereocenters. The van der Waals surface area contributed by atoms with Gasteiger partial charge >= 0.3 is 23.9 Å². The highest BCUT2D eigenvalue weighted by atomic mass is 16.8. The quantitative estimate of drug-likeness (QED) is 0.0326. The lowest BCUT2D eigenvalue weighted by Gasteiger charge is -2.50. The number of aliphatic hydroxyl groups is 1. The smallest absolute Gasteiger partial charge is 0.338 e. The van der Waals surface area contributed by atoms with Crippen LogP contribution in [0, 0.1) is 0 Å². The first-order valence-electron chi connectivity index (χ1n) is 33.8. The van der Waals surface area contributed by atoms with Crippen molar-refractivity contribution in [2.45, 2.75) is 132 Å². The van der Waals surface area contributed by atoms with E-state index in [1.54, 1.807) is 111 Å². The minimum atomic E-state index is -1.94. The van der Waals surface area contributed by atoms with Crippen LogP contribution in [0.25, 0.3) is 0 Å². The Morgan fingerprint density at radius 2 is 0.686 bits per heavy atom. The first kappa shape index (κ1) is 72.0. The number of hydrogen-bond acceptors (Lipinski definition) is 20. The standard InChI is InChI=1S/C82H80O20/c1-54-67(90-51-59-43-45-64(88-2)46-44-59)71(101-82-75(100-79(86)63-41-25-10-26-42-63)72(99-78(85)62-39-23-9-24-40-62)69(98-77(84)61-37-21-8-22-38-61)66(97-82)53-94-76(83)60-35-19-7-20-36-60)73(80(87)95-54)102-81-74(93-50-58-33-17-6-18-34-58)70(92-49-57-31-15-5-16-32-57)68(91-48-56-29-13-4-14-30-56)65(96-81)52-89-47-55-27-11-3-12-28-55/h3-46,54,65-75,80-82,87H,47-53H2,1-2H3/t54-,65-,66+,67-,68+,69?,70-,71+,72-,73-,74+,75-,80-,81-,82-/m0/s1. The number of methoxy groups -OCH3 is 1. The molecule has 0 amide bonds. The van der Waals surface area contributed by atoms with Crippen LogP contribution in [0.5, 0.6) is 5.75 Å². The number of aliphatic hydroxyl groups excluding tert-OH is 1. The van der Waals surface area contributed by atoms with Crippen molar-refractivity contribution in [2.24, 2.45) is 0 Å². The zero-order valence-corrected chi connectivity index (χ0v) is 56.2. The van der Waals surface area contributed by atoms with Crippen LogP contribution in [0.3, 0.4) is 0 Å². The third-order valence-electron chi connectivity index (χ3n) is 17.5. The molecule has 3 aliphatic rings.